The van der Waals surface area contributed by atoms with Gasteiger partial charge in [0, 0.05) is 19.2 Å². The fourth-order valence-corrected chi connectivity index (χ4v) is 3.02. The Labute approximate surface area is 149 Å². The number of hydrogen-bond donors (Lipinski definition) is 1. The van der Waals surface area contributed by atoms with Crippen molar-refractivity contribution >= 4 is 22.7 Å². The van der Waals surface area contributed by atoms with Crippen LogP contribution in [0.4, 0.5) is 5.69 Å². The highest BCUT2D eigenvalue weighted by atomic mass is 16.4. The number of fused-ring (bicyclic) bond motifs is 1. The molecule has 25 heavy (non-hydrogen) atoms. The number of anilines is 1. The van der Waals surface area contributed by atoms with Gasteiger partial charge in [0.25, 0.3) is 0 Å². The zero-order valence-electron chi connectivity index (χ0n) is 15.5. The SMILES string of the molecule is CCCCCCCCCCCC(=O)Nc1ccc2oc(=O)n(C)c2c1. The van der Waals surface area contributed by atoms with E-state index in [1.54, 1.807) is 25.2 Å². The van der Waals surface area contributed by atoms with Crippen LogP contribution < -0.4 is 11.1 Å². The van der Waals surface area contributed by atoms with Crippen LogP contribution in [0.15, 0.2) is 27.4 Å². The maximum Gasteiger partial charge on any atom is 0.419 e. The summed E-state index contributed by atoms with van der Waals surface area (Å²) in [6, 6.07) is 5.25. The molecule has 2 aromatic rings. The first kappa shape index (κ1) is 19.3. The standard InChI is InChI=1S/C20H30N2O3/c1-3-4-5-6-7-8-9-10-11-12-19(23)21-16-13-14-18-17(15-16)22(2)20(24)25-18/h13-15H,3-12H2,1-2H3,(H,21,23). The largest absolute Gasteiger partial charge is 0.419 e. The number of aromatic nitrogens is 1. The Hall–Kier alpha value is -2.04. The second-order valence-corrected chi connectivity index (χ2v) is 6.74. The zero-order chi connectivity index (χ0) is 18.1. The Morgan fingerprint density at radius 2 is 1.68 bits per heavy atom. The fourth-order valence-electron chi connectivity index (χ4n) is 3.02. The number of hydrogen-bond acceptors (Lipinski definition) is 3. The Kier molecular flexibility index (Phi) is 7.76. The summed E-state index contributed by atoms with van der Waals surface area (Å²) in [6.45, 7) is 2.24. The number of aryl methyl sites for hydroxylation is 1. The molecule has 1 aromatic carbocycles. The molecule has 0 spiro atoms. The minimum atomic E-state index is -0.395. The third-order valence-electron chi connectivity index (χ3n) is 4.58. The molecule has 138 valence electrons. The van der Waals surface area contributed by atoms with Crippen molar-refractivity contribution < 1.29 is 9.21 Å². The molecule has 0 aliphatic heterocycles. The summed E-state index contributed by atoms with van der Waals surface area (Å²) in [4.78, 5) is 23.5. The maximum absolute atomic E-state index is 12.0. The average molecular weight is 346 g/mol. The third kappa shape index (κ3) is 6.07. The lowest BCUT2D eigenvalue weighted by atomic mass is 10.1. The van der Waals surface area contributed by atoms with Gasteiger partial charge in [-0.15, -0.1) is 0 Å². The highest BCUT2D eigenvalue weighted by Gasteiger charge is 2.08. The minimum Gasteiger partial charge on any atom is -0.408 e. The molecule has 0 bridgehead atoms. The van der Waals surface area contributed by atoms with Gasteiger partial charge in [-0.3, -0.25) is 9.36 Å². The van der Waals surface area contributed by atoms with Gasteiger partial charge in [0.05, 0.1) is 5.52 Å². The number of nitrogens with zero attached hydrogens (tertiary/aromatic N) is 1. The van der Waals surface area contributed by atoms with E-state index in [1.807, 2.05) is 0 Å². The van der Waals surface area contributed by atoms with E-state index in [9.17, 15) is 9.59 Å². The van der Waals surface area contributed by atoms with Gasteiger partial charge in [-0.25, -0.2) is 4.79 Å². The lowest BCUT2D eigenvalue weighted by Crippen LogP contribution is -2.11. The number of benzene rings is 1. The van der Waals surface area contributed by atoms with Gasteiger partial charge < -0.3 is 9.73 Å². The first-order valence-corrected chi connectivity index (χ1v) is 9.51. The molecule has 0 saturated heterocycles. The van der Waals surface area contributed by atoms with Crippen molar-refractivity contribution in [1.29, 1.82) is 0 Å². The van der Waals surface area contributed by atoms with E-state index in [2.05, 4.69) is 12.2 Å². The topological polar surface area (TPSA) is 64.2 Å². The number of unbranched alkanes of at least 4 members (excludes halogenated alkanes) is 8. The zero-order valence-corrected chi connectivity index (χ0v) is 15.5. The van der Waals surface area contributed by atoms with Crippen LogP contribution in [0.1, 0.15) is 71.1 Å². The van der Waals surface area contributed by atoms with Crippen LogP contribution in [0, 0.1) is 0 Å². The molecule has 0 fully saturated rings. The molecule has 0 aliphatic rings. The van der Waals surface area contributed by atoms with Crippen molar-refractivity contribution in [3.8, 4) is 0 Å². The van der Waals surface area contributed by atoms with Crippen molar-refractivity contribution in [1.82, 2.24) is 4.57 Å². The normalized spacial score (nSPS) is 11.1. The molecule has 1 N–H and O–H groups in total. The van der Waals surface area contributed by atoms with Crippen LogP contribution in [-0.2, 0) is 11.8 Å². The Morgan fingerprint density at radius 3 is 2.36 bits per heavy atom. The van der Waals surface area contributed by atoms with Crippen LogP contribution in [-0.4, -0.2) is 10.5 Å². The number of carbonyl (C=O) groups excluding carboxylic acids is 1. The number of rotatable bonds is 11. The summed E-state index contributed by atoms with van der Waals surface area (Å²) < 4.78 is 6.52. The summed E-state index contributed by atoms with van der Waals surface area (Å²) in [7, 11) is 1.65. The predicted octanol–water partition coefficient (Wildman–Crippen LogP) is 4.99. The summed E-state index contributed by atoms with van der Waals surface area (Å²) in [6.07, 6.45) is 11.7. The van der Waals surface area contributed by atoms with Crippen LogP contribution in [0.5, 0.6) is 0 Å². The van der Waals surface area contributed by atoms with E-state index in [4.69, 9.17) is 4.42 Å². The molecular formula is C20H30N2O3. The number of amides is 1. The summed E-state index contributed by atoms with van der Waals surface area (Å²) in [5, 5.41) is 2.90. The van der Waals surface area contributed by atoms with Crippen LogP contribution in [0.2, 0.25) is 0 Å². The lowest BCUT2D eigenvalue weighted by Gasteiger charge is -2.06. The number of carbonyl (C=O) groups is 1. The second-order valence-electron chi connectivity index (χ2n) is 6.74. The molecule has 0 unspecified atom stereocenters. The summed E-state index contributed by atoms with van der Waals surface area (Å²) >= 11 is 0. The van der Waals surface area contributed by atoms with Gasteiger partial charge in [-0.2, -0.15) is 0 Å². The third-order valence-corrected chi connectivity index (χ3v) is 4.58. The van der Waals surface area contributed by atoms with Crippen molar-refractivity contribution in [3.63, 3.8) is 0 Å². The first-order valence-electron chi connectivity index (χ1n) is 9.51. The van der Waals surface area contributed by atoms with Crippen LogP contribution in [0.3, 0.4) is 0 Å². The van der Waals surface area contributed by atoms with E-state index < -0.39 is 5.76 Å². The van der Waals surface area contributed by atoms with E-state index in [0.717, 1.165) is 12.8 Å². The smallest absolute Gasteiger partial charge is 0.408 e. The highest BCUT2D eigenvalue weighted by Crippen LogP contribution is 2.18. The fraction of sp³-hybridized carbons (Fsp3) is 0.600. The second kappa shape index (κ2) is 10.1. The molecule has 1 amide bonds. The Bertz CT molecular complexity index is 730. The monoisotopic (exact) mass is 346 g/mol. The van der Waals surface area contributed by atoms with E-state index in [0.29, 0.717) is 23.2 Å². The van der Waals surface area contributed by atoms with E-state index >= 15 is 0 Å². The van der Waals surface area contributed by atoms with Gasteiger partial charge in [0.15, 0.2) is 5.58 Å². The molecule has 1 aromatic heterocycles. The number of oxazole rings is 1. The van der Waals surface area contributed by atoms with Gasteiger partial charge >= 0.3 is 5.76 Å². The molecule has 0 saturated carbocycles. The molecule has 5 nitrogen and oxygen atoms in total. The molecular weight excluding hydrogens is 316 g/mol. The molecule has 0 radical (unpaired) electrons. The Morgan fingerprint density at radius 1 is 1.04 bits per heavy atom. The first-order chi connectivity index (χ1) is 12.1. The maximum atomic E-state index is 12.0. The van der Waals surface area contributed by atoms with E-state index in [1.165, 1.54) is 49.5 Å². The van der Waals surface area contributed by atoms with Gasteiger partial charge in [0.2, 0.25) is 5.91 Å². The van der Waals surface area contributed by atoms with Gasteiger partial charge in [-0.05, 0) is 24.6 Å². The average Bonchev–Trinajstić information content (AvgIpc) is 2.88. The summed E-state index contributed by atoms with van der Waals surface area (Å²) in [5.41, 5.74) is 1.92. The number of nitrogens with one attached hydrogen (secondary N) is 1. The Balaban J connectivity index is 1.65. The van der Waals surface area contributed by atoms with Crippen molar-refractivity contribution in [2.24, 2.45) is 7.05 Å². The molecule has 1 heterocycles. The van der Waals surface area contributed by atoms with E-state index in [-0.39, 0.29) is 5.91 Å². The molecule has 2 rings (SSSR count). The summed E-state index contributed by atoms with van der Waals surface area (Å²) in [5.74, 6) is -0.371. The van der Waals surface area contributed by atoms with Crippen molar-refractivity contribution in [2.75, 3.05) is 5.32 Å². The molecule has 0 atom stereocenters. The lowest BCUT2D eigenvalue weighted by molar-refractivity contribution is -0.116. The minimum absolute atomic E-state index is 0.0239. The highest BCUT2D eigenvalue weighted by molar-refractivity contribution is 5.92. The van der Waals surface area contributed by atoms with Gasteiger partial charge in [-0.1, -0.05) is 58.3 Å². The quantitative estimate of drug-likeness (QED) is 0.583. The van der Waals surface area contributed by atoms with Crippen LogP contribution >= 0.6 is 0 Å². The van der Waals surface area contributed by atoms with Crippen molar-refractivity contribution in [3.05, 3.63) is 28.7 Å². The van der Waals surface area contributed by atoms with Crippen molar-refractivity contribution in [2.45, 2.75) is 71.1 Å². The molecule has 0 aliphatic carbocycles. The predicted molar refractivity (Wildman–Crippen MR) is 102 cm³/mol. The van der Waals surface area contributed by atoms with Crippen LogP contribution in [0.25, 0.3) is 11.1 Å². The molecule has 5 heteroatoms. The van der Waals surface area contributed by atoms with Gasteiger partial charge in [0.1, 0.15) is 0 Å².